The van der Waals surface area contributed by atoms with E-state index in [1.165, 1.54) is 10.5 Å². The van der Waals surface area contributed by atoms with Crippen molar-refractivity contribution in [3.8, 4) is 0 Å². The number of hydrogen-bond donors (Lipinski definition) is 1. The standard InChI is InChI=1S/C13H17BrN2OS/c1-3-16(8-11-4-5-12(14)18-11)13(17)9(2)10-6-15-7-10/h4-5,15H,3,6-8H2,1-2H3. The SMILES string of the molecule is CCN(Cc1ccc(Br)s1)C(=O)C(C)=C1CNC1. The lowest BCUT2D eigenvalue weighted by Crippen LogP contribution is -2.38. The third kappa shape index (κ3) is 3.02. The number of hydrogen-bond acceptors (Lipinski definition) is 3. The largest absolute Gasteiger partial charge is 0.334 e. The van der Waals surface area contributed by atoms with Gasteiger partial charge in [0.15, 0.2) is 0 Å². The van der Waals surface area contributed by atoms with E-state index >= 15 is 0 Å². The Morgan fingerprint density at radius 3 is 2.67 bits per heavy atom. The number of thiophene rings is 1. The Morgan fingerprint density at radius 2 is 2.22 bits per heavy atom. The number of likely N-dealkylation sites (N-methyl/N-ethyl adjacent to an activating group) is 1. The van der Waals surface area contributed by atoms with Crippen LogP contribution in [-0.2, 0) is 11.3 Å². The molecule has 0 radical (unpaired) electrons. The molecule has 1 N–H and O–H groups in total. The number of halogens is 1. The fraction of sp³-hybridized carbons (Fsp3) is 0.462. The molecule has 0 aromatic carbocycles. The van der Waals surface area contributed by atoms with Crippen molar-refractivity contribution < 1.29 is 4.79 Å². The molecule has 3 nitrogen and oxygen atoms in total. The van der Waals surface area contributed by atoms with Gasteiger partial charge in [0.05, 0.1) is 10.3 Å². The van der Waals surface area contributed by atoms with Gasteiger partial charge in [-0.15, -0.1) is 11.3 Å². The maximum atomic E-state index is 12.4. The Labute approximate surface area is 120 Å². The van der Waals surface area contributed by atoms with Crippen LogP contribution in [0.5, 0.6) is 0 Å². The van der Waals surface area contributed by atoms with Crippen molar-refractivity contribution in [2.24, 2.45) is 0 Å². The molecule has 0 bridgehead atoms. The summed E-state index contributed by atoms with van der Waals surface area (Å²) in [5, 5.41) is 3.17. The Balaban J connectivity index is 2.06. The highest BCUT2D eigenvalue weighted by molar-refractivity contribution is 9.11. The Bertz CT molecular complexity index is 475. The molecule has 2 rings (SSSR count). The van der Waals surface area contributed by atoms with Gasteiger partial charge in [0.2, 0.25) is 5.91 Å². The molecule has 1 saturated heterocycles. The second-order valence-electron chi connectivity index (χ2n) is 4.36. The van der Waals surface area contributed by atoms with E-state index in [4.69, 9.17) is 0 Å². The Morgan fingerprint density at radius 1 is 1.50 bits per heavy atom. The molecule has 2 heterocycles. The van der Waals surface area contributed by atoms with E-state index in [9.17, 15) is 4.79 Å². The average Bonchev–Trinajstić information content (AvgIpc) is 2.68. The molecule has 5 heteroatoms. The van der Waals surface area contributed by atoms with Crippen LogP contribution in [0.25, 0.3) is 0 Å². The van der Waals surface area contributed by atoms with Gasteiger partial charge in [-0.3, -0.25) is 4.79 Å². The fourth-order valence-electron chi connectivity index (χ4n) is 1.86. The maximum absolute atomic E-state index is 12.4. The lowest BCUT2D eigenvalue weighted by Gasteiger charge is -2.26. The molecule has 98 valence electrons. The lowest BCUT2D eigenvalue weighted by atomic mass is 10.0. The number of carbonyl (C=O) groups excluding carboxylic acids is 1. The second kappa shape index (κ2) is 5.99. The van der Waals surface area contributed by atoms with E-state index in [-0.39, 0.29) is 5.91 Å². The lowest BCUT2D eigenvalue weighted by molar-refractivity contribution is -0.127. The first kappa shape index (κ1) is 13.8. The van der Waals surface area contributed by atoms with E-state index in [1.54, 1.807) is 11.3 Å². The zero-order chi connectivity index (χ0) is 13.1. The number of amides is 1. The summed E-state index contributed by atoms with van der Waals surface area (Å²) in [4.78, 5) is 15.5. The number of carbonyl (C=O) groups is 1. The molecule has 0 atom stereocenters. The monoisotopic (exact) mass is 328 g/mol. The summed E-state index contributed by atoms with van der Waals surface area (Å²) in [5.74, 6) is 0.165. The number of nitrogens with zero attached hydrogens (tertiary/aromatic N) is 1. The van der Waals surface area contributed by atoms with Crippen LogP contribution < -0.4 is 5.32 Å². The summed E-state index contributed by atoms with van der Waals surface area (Å²) >= 11 is 5.13. The third-order valence-electron chi connectivity index (χ3n) is 3.17. The maximum Gasteiger partial charge on any atom is 0.249 e. The normalized spacial score (nSPS) is 14.3. The molecule has 1 fully saturated rings. The molecule has 0 unspecified atom stereocenters. The van der Waals surface area contributed by atoms with Gasteiger partial charge in [-0.05, 0) is 47.5 Å². The van der Waals surface area contributed by atoms with Gasteiger partial charge in [0, 0.05) is 30.1 Å². The summed E-state index contributed by atoms with van der Waals surface area (Å²) in [6, 6.07) is 4.09. The zero-order valence-corrected chi connectivity index (χ0v) is 13.0. The molecular formula is C13H17BrN2OS. The van der Waals surface area contributed by atoms with Crippen LogP contribution in [0.2, 0.25) is 0 Å². The van der Waals surface area contributed by atoms with Crippen molar-refractivity contribution in [3.05, 3.63) is 31.9 Å². The van der Waals surface area contributed by atoms with E-state index in [1.807, 2.05) is 24.8 Å². The molecular weight excluding hydrogens is 312 g/mol. The minimum Gasteiger partial charge on any atom is -0.334 e. The fourth-order valence-corrected chi connectivity index (χ4v) is 3.35. The van der Waals surface area contributed by atoms with E-state index in [0.29, 0.717) is 6.54 Å². The van der Waals surface area contributed by atoms with E-state index < -0.39 is 0 Å². The summed E-state index contributed by atoms with van der Waals surface area (Å²) in [6.07, 6.45) is 0. The molecule has 1 amide bonds. The average molecular weight is 329 g/mol. The number of nitrogens with one attached hydrogen (secondary N) is 1. The van der Waals surface area contributed by atoms with Crippen LogP contribution in [0.3, 0.4) is 0 Å². The van der Waals surface area contributed by atoms with Crippen molar-refractivity contribution in [1.82, 2.24) is 10.2 Å². The predicted molar refractivity (Wildman–Crippen MR) is 78.7 cm³/mol. The highest BCUT2D eigenvalue weighted by atomic mass is 79.9. The van der Waals surface area contributed by atoms with Gasteiger partial charge in [-0.1, -0.05) is 0 Å². The molecule has 1 aromatic rings. The van der Waals surface area contributed by atoms with E-state index in [2.05, 4.69) is 27.3 Å². The molecule has 1 aromatic heterocycles. The number of rotatable bonds is 4. The van der Waals surface area contributed by atoms with Crippen molar-refractivity contribution in [2.45, 2.75) is 20.4 Å². The van der Waals surface area contributed by atoms with Crippen molar-refractivity contribution in [3.63, 3.8) is 0 Å². The quantitative estimate of drug-likeness (QED) is 0.862. The summed E-state index contributed by atoms with van der Waals surface area (Å²) in [6.45, 7) is 7.12. The molecule has 0 saturated carbocycles. The predicted octanol–water partition coefficient (Wildman–Crippen LogP) is 2.78. The van der Waals surface area contributed by atoms with Crippen LogP contribution in [-0.4, -0.2) is 30.4 Å². The van der Waals surface area contributed by atoms with Gasteiger partial charge in [0.25, 0.3) is 0 Å². The van der Waals surface area contributed by atoms with Crippen LogP contribution >= 0.6 is 27.3 Å². The highest BCUT2D eigenvalue weighted by Gasteiger charge is 2.20. The zero-order valence-electron chi connectivity index (χ0n) is 10.6. The second-order valence-corrected chi connectivity index (χ2v) is 6.90. The first-order valence-electron chi connectivity index (χ1n) is 6.04. The Hall–Kier alpha value is -0.650. The molecule has 0 aliphatic carbocycles. The van der Waals surface area contributed by atoms with Crippen molar-refractivity contribution >= 4 is 33.2 Å². The minimum absolute atomic E-state index is 0.165. The van der Waals surface area contributed by atoms with Gasteiger partial charge in [0.1, 0.15) is 0 Å². The Kier molecular flexibility index (Phi) is 4.59. The summed E-state index contributed by atoms with van der Waals surface area (Å²) in [7, 11) is 0. The van der Waals surface area contributed by atoms with Gasteiger partial charge in [-0.2, -0.15) is 0 Å². The summed E-state index contributed by atoms with van der Waals surface area (Å²) in [5.41, 5.74) is 2.15. The molecule has 0 spiro atoms. The molecule has 1 aliphatic rings. The van der Waals surface area contributed by atoms with Crippen LogP contribution in [0.15, 0.2) is 27.1 Å². The van der Waals surface area contributed by atoms with Crippen LogP contribution in [0.1, 0.15) is 18.7 Å². The first-order valence-corrected chi connectivity index (χ1v) is 7.65. The van der Waals surface area contributed by atoms with E-state index in [0.717, 1.165) is 29.0 Å². The van der Waals surface area contributed by atoms with Gasteiger partial charge >= 0.3 is 0 Å². The minimum atomic E-state index is 0.165. The summed E-state index contributed by atoms with van der Waals surface area (Å²) < 4.78 is 1.11. The molecule has 1 aliphatic heterocycles. The molecule has 18 heavy (non-hydrogen) atoms. The smallest absolute Gasteiger partial charge is 0.249 e. The van der Waals surface area contributed by atoms with Crippen LogP contribution in [0, 0.1) is 0 Å². The van der Waals surface area contributed by atoms with Crippen molar-refractivity contribution in [2.75, 3.05) is 19.6 Å². The van der Waals surface area contributed by atoms with Gasteiger partial charge < -0.3 is 10.2 Å². The third-order valence-corrected chi connectivity index (χ3v) is 4.78. The van der Waals surface area contributed by atoms with Gasteiger partial charge in [-0.25, -0.2) is 0 Å². The highest BCUT2D eigenvalue weighted by Crippen LogP contribution is 2.24. The topological polar surface area (TPSA) is 32.3 Å². The first-order chi connectivity index (χ1) is 8.61. The van der Waals surface area contributed by atoms with Crippen LogP contribution in [0.4, 0.5) is 0 Å². The van der Waals surface area contributed by atoms with Crippen molar-refractivity contribution in [1.29, 1.82) is 0 Å².